The SMILES string of the molecule is Cc1ccc(NS(=O)(=O)c2ccccc2NN)c(C)c1. The molecule has 0 unspecified atom stereocenters. The Labute approximate surface area is 118 Å². The number of rotatable bonds is 4. The van der Waals surface area contributed by atoms with Crippen LogP contribution in [-0.4, -0.2) is 8.42 Å². The van der Waals surface area contributed by atoms with E-state index in [1.807, 2.05) is 26.0 Å². The van der Waals surface area contributed by atoms with Crippen molar-refractivity contribution in [2.45, 2.75) is 18.7 Å². The van der Waals surface area contributed by atoms with Crippen molar-refractivity contribution in [1.82, 2.24) is 0 Å². The monoisotopic (exact) mass is 291 g/mol. The molecule has 2 rings (SSSR count). The number of nitrogen functional groups attached to an aromatic ring is 1. The van der Waals surface area contributed by atoms with Gasteiger partial charge in [-0.05, 0) is 37.6 Å². The fraction of sp³-hybridized carbons (Fsp3) is 0.143. The summed E-state index contributed by atoms with van der Waals surface area (Å²) >= 11 is 0. The average Bonchev–Trinajstić information content (AvgIpc) is 2.42. The van der Waals surface area contributed by atoms with Gasteiger partial charge in [0.25, 0.3) is 10.0 Å². The lowest BCUT2D eigenvalue weighted by Gasteiger charge is -2.13. The topological polar surface area (TPSA) is 84.2 Å². The first kappa shape index (κ1) is 14.4. The normalized spacial score (nSPS) is 11.2. The number of nitrogens with two attached hydrogens (primary N) is 1. The molecule has 0 aliphatic carbocycles. The lowest BCUT2D eigenvalue weighted by Crippen LogP contribution is -2.18. The van der Waals surface area contributed by atoms with E-state index < -0.39 is 10.0 Å². The summed E-state index contributed by atoms with van der Waals surface area (Å²) in [5.41, 5.74) is 5.25. The fourth-order valence-electron chi connectivity index (χ4n) is 1.95. The molecule has 0 radical (unpaired) electrons. The maximum Gasteiger partial charge on any atom is 0.264 e. The van der Waals surface area contributed by atoms with Crippen LogP contribution in [0, 0.1) is 13.8 Å². The molecule has 0 aliphatic rings. The molecule has 0 saturated carbocycles. The van der Waals surface area contributed by atoms with E-state index in [9.17, 15) is 8.42 Å². The van der Waals surface area contributed by atoms with Crippen LogP contribution < -0.4 is 16.0 Å². The quantitative estimate of drug-likeness (QED) is 0.596. The van der Waals surface area contributed by atoms with Crippen LogP contribution in [0.3, 0.4) is 0 Å². The zero-order valence-corrected chi connectivity index (χ0v) is 12.2. The van der Waals surface area contributed by atoms with Crippen LogP contribution in [0.2, 0.25) is 0 Å². The zero-order chi connectivity index (χ0) is 14.8. The number of anilines is 2. The van der Waals surface area contributed by atoms with Gasteiger partial charge in [-0.2, -0.15) is 0 Å². The molecule has 4 N–H and O–H groups in total. The minimum atomic E-state index is -3.68. The maximum atomic E-state index is 12.4. The van der Waals surface area contributed by atoms with Crippen LogP contribution in [0.4, 0.5) is 11.4 Å². The van der Waals surface area contributed by atoms with E-state index in [4.69, 9.17) is 5.84 Å². The van der Waals surface area contributed by atoms with Crippen molar-refractivity contribution >= 4 is 21.4 Å². The molecule has 6 heteroatoms. The second-order valence-corrected chi connectivity index (χ2v) is 6.22. The molecule has 0 spiro atoms. The second kappa shape index (κ2) is 5.52. The molecule has 2 aromatic rings. The summed E-state index contributed by atoms with van der Waals surface area (Å²) in [5, 5.41) is 0. The van der Waals surface area contributed by atoms with Gasteiger partial charge in [-0.3, -0.25) is 10.6 Å². The highest BCUT2D eigenvalue weighted by molar-refractivity contribution is 7.92. The van der Waals surface area contributed by atoms with Crippen molar-refractivity contribution in [1.29, 1.82) is 0 Å². The molecule has 0 aromatic heterocycles. The predicted octanol–water partition coefficient (Wildman–Crippen LogP) is 2.39. The molecule has 2 aromatic carbocycles. The third kappa shape index (κ3) is 2.92. The van der Waals surface area contributed by atoms with Gasteiger partial charge in [-0.15, -0.1) is 0 Å². The van der Waals surface area contributed by atoms with Crippen molar-refractivity contribution in [2.24, 2.45) is 5.84 Å². The lowest BCUT2D eigenvalue weighted by atomic mass is 10.1. The largest absolute Gasteiger partial charge is 0.323 e. The van der Waals surface area contributed by atoms with Crippen molar-refractivity contribution in [3.8, 4) is 0 Å². The summed E-state index contributed by atoms with van der Waals surface area (Å²) < 4.78 is 27.4. The fourth-order valence-corrected chi connectivity index (χ4v) is 3.25. The van der Waals surface area contributed by atoms with E-state index >= 15 is 0 Å². The minimum Gasteiger partial charge on any atom is -0.323 e. The van der Waals surface area contributed by atoms with E-state index in [0.717, 1.165) is 11.1 Å². The van der Waals surface area contributed by atoms with Crippen molar-refractivity contribution in [3.05, 3.63) is 53.6 Å². The Morgan fingerprint density at radius 1 is 1.00 bits per heavy atom. The number of para-hydroxylation sites is 1. The Morgan fingerprint density at radius 3 is 2.35 bits per heavy atom. The summed E-state index contributed by atoms with van der Waals surface area (Å²) in [4.78, 5) is 0.113. The Kier molecular flexibility index (Phi) is 3.96. The summed E-state index contributed by atoms with van der Waals surface area (Å²) in [6, 6.07) is 12.0. The third-order valence-corrected chi connectivity index (χ3v) is 4.38. The highest BCUT2D eigenvalue weighted by Gasteiger charge is 2.18. The molecular formula is C14H17N3O2S. The van der Waals surface area contributed by atoms with Gasteiger partial charge in [0.1, 0.15) is 4.90 Å². The third-order valence-electron chi connectivity index (χ3n) is 2.96. The number of aryl methyl sites for hydroxylation is 2. The Bertz CT molecular complexity index is 727. The lowest BCUT2D eigenvalue weighted by molar-refractivity contribution is 0.601. The highest BCUT2D eigenvalue weighted by atomic mass is 32.2. The average molecular weight is 291 g/mol. The van der Waals surface area contributed by atoms with E-state index in [1.165, 1.54) is 6.07 Å². The van der Waals surface area contributed by atoms with E-state index in [0.29, 0.717) is 11.4 Å². The second-order valence-electron chi connectivity index (χ2n) is 4.56. The van der Waals surface area contributed by atoms with Gasteiger partial charge in [0, 0.05) is 0 Å². The van der Waals surface area contributed by atoms with Gasteiger partial charge >= 0.3 is 0 Å². The Hall–Kier alpha value is -2.05. The van der Waals surface area contributed by atoms with Gasteiger partial charge in [0.2, 0.25) is 0 Å². The van der Waals surface area contributed by atoms with Gasteiger partial charge in [0.05, 0.1) is 11.4 Å². The molecule has 0 heterocycles. The summed E-state index contributed by atoms with van der Waals surface area (Å²) in [6.07, 6.45) is 0. The Balaban J connectivity index is 2.41. The van der Waals surface area contributed by atoms with Crippen LogP contribution >= 0.6 is 0 Å². The van der Waals surface area contributed by atoms with Crippen LogP contribution in [0.25, 0.3) is 0 Å². The smallest absolute Gasteiger partial charge is 0.264 e. The summed E-state index contributed by atoms with van der Waals surface area (Å²) in [6.45, 7) is 3.82. The molecule has 5 nitrogen and oxygen atoms in total. The van der Waals surface area contributed by atoms with Gasteiger partial charge in [0.15, 0.2) is 0 Å². The maximum absolute atomic E-state index is 12.4. The number of nitrogens with one attached hydrogen (secondary N) is 2. The molecule has 20 heavy (non-hydrogen) atoms. The van der Waals surface area contributed by atoms with E-state index in [2.05, 4.69) is 10.1 Å². The predicted molar refractivity (Wildman–Crippen MR) is 81.0 cm³/mol. The van der Waals surface area contributed by atoms with Crippen LogP contribution in [0.1, 0.15) is 11.1 Å². The van der Waals surface area contributed by atoms with E-state index in [1.54, 1.807) is 24.3 Å². The number of hydrogen-bond acceptors (Lipinski definition) is 4. The van der Waals surface area contributed by atoms with Crippen LogP contribution in [0.5, 0.6) is 0 Å². The highest BCUT2D eigenvalue weighted by Crippen LogP contribution is 2.24. The molecule has 106 valence electrons. The molecule has 0 fully saturated rings. The molecule has 0 aliphatic heterocycles. The summed E-state index contributed by atoms with van der Waals surface area (Å²) in [7, 11) is -3.68. The number of hydrazine groups is 1. The Morgan fingerprint density at radius 2 is 1.70 bits per heavy atom. The van der Waals surface area contributed by atoms with E-state index in [-0.39, 0.29) is 4.90 Å². The van der Waals surface area contributed by atoms with Crippen molar-refractivity contribution < 1.29 is 8.42 Å². The van der Waals surface area contributed by atoms with Crippen LogP contribution in [0.15, 0.2) is 47.4 Å². The molecule has 0 amide bonds. The first-order valence-corrected chi connectivity index (χ1v) is 7.58. The molecular weight excluding hydrogens is 274 g/mol. The summed E-state index contributed by atoms with van der Waals surface area (Å²) in [5.74, 6) is 5.35. The van der Waals surface area contributed by atoms with Crippen molar-refractivity contribution in [2.75, 3.05) is 10.1 Å². The van der Waals surface area contributed by atoms with Crippen molar-refractivity contribution in [3.63, 3.8) is 0 Å². The van der Waals surface area contributed by atoms with Crippen LogP contribution in [-0.2, 0) is 10.0 Å². The number of hydrogen-bond donors (Lipinski definition) is 3. The minimum absolute atomic E-state index is 0.113. The van der Waals surface area contributed by atoms with Gasteiger partial charge in [-0.1, -0.05) is 29.8 Å². The standard InChI is InChI=1S/C14H17N3O2S/c1-10-7-8-12(11(2)9-10)17-20(18,19)14-6-4-3-5-13(14)16-15/h3-9,16-17H,15H2,1-2H3. The first-order chi connectivity index (χ1) is 9.44. The van der Waals surface area contributed by atoms with Gasteiger partial charge in [-0.25, -0.2) is 8.42 Å². The number of benzene rings is 2. The first-order valence-electron chi connectivity index (χ1n) is 6.10. The molecule has 0 atom stereocenters. The van der Waals surface area contributed by atoms with Gasteiger partial charge < -0.3 is 5.43 Å². The zero-order valence-electron chi connectivity index (χ0n) is 11.3. The molecule has 0 saturated heterocycles. The number of sulfonamides is 1. The molecule has 0 bridgehead atoms.